The number of esters is 2. The summed E-state index contributed by atoms with van der Waals surface area (Å²) in [5.74, 6) is -1.47. The number of rotatable bonds is 8. The highest BCUT2D eigenvalue weighted by Gasteiger charge is 2.47. The summed E-state index contributed by atoms with van der Waals surface area (Å²) in [5, 5.41) is 0. The second-order valence-corrected chi connectivity index (χ2v) is 7.51. The van der Waals surface area contributed by atoms with Gasteiger partial charge in [0.25, 0.3) is 0 Å². The minimum Gasteiger partial charge on any atom is -0.463 e. The molecule has 6 heteroatoms. The van der Waals surface area contributed by atoms with Gasteiger partial charge in [0.05, 0.1) is 13.2 Å². The van der Waals surface area contributed by atoms with Crippen molar-refractivity contribution in [3.63, 3.8) is 0 Å². The number of nitrogens with two attached hydrogens (primary N) is 1. The topological polar surface area (TPSA) is 87.9 Å². The highest BCUT2D eigenvalue weighted by molar-refractivity contribution is 6.04. The molecule has 0 bridgehead atoms. The summed E-state index contributed by atoms with van der Waals surface area (Å²) in [7, 11) is 0. The van der Waals surface area contributed by atoms with Crippen LogP contribution in [0, 0.1) is 11.3 Å². The predicted molar refractivity (Wildman–Crippen MR) is 92.5 cm³/mol. The molecule has 1 unspecified atom stereocenters. The van der Waals surface area contributed by atoms with Gasteiger partial charge in [0.15, 0.2) is 0 Å². The average Bonchev–Trinajstić information content (AvgIpc) is 2.55. The van der Waals surface area contributed by atoms with E-state index in [4.69, 9.17) is 19.9 Å². The van der Waals surface area contributed by atoms with E-state index < -0.39 is 17.5 Å². The highest BCUT2D eigenvalue weighted by atomic mass is 16.6. The fourth-order valence-corrected chi connectivity index (χ4v) is 2.65. The van der Waals surface area contributed by atoms with Crippen LogP contribution in [0.15, 0.2) is 30.3 Å². The second-order valence-electron chi connectivity index (χ2n) is 7.51. The van der Waals surface area contributed by atoms with Crippen molar-refractivity contribution >= 4 is 11.9 Å². The van der Waals surface area contributed by atoms with Crippen molar-refractivity contribution in [3.05, 3.63) is 35.9 Å². The molecule has 2 N–H and O–H groups in total. The van der Waals surface area contributed by atoms with Gasteiger partial charge in [-0.05, 0) is 17.9 Å². The van der Waals surface area contributed by atoms with Crippen LogP contribution >= 0.6 is 0 Å². The number of carbonyl (C=O) groups is 2. The van der Waals surface area contributed by atoms with Crippen LogP contribution in [0.3, 0.4) is 0 Å². The molecule has 1 atom stereocenters. The Morgan fingerprint density at radius 1 is 1.20 bits per heavy atom. The van der Waals surface area contributed by atoms with Crippen molar-refractivity contribution in [2.24, 2.45) is 17.1 Å². The van der Waals surface area contributed by atoms with E-state index in [9.17, 15) is 9.59 Å². The van der Waals surface area contributed by atoms with E-state index in [0.717, 1.165) is 5.56 Å². The fraction of sp³-hybridized carbons (Fsp3) is 0.579. The molecule has 0 saturated carbocycles. The van der Waals surface area contributed by atoms with Crippen LogP contribution in [0.1, 0.15) is 32.8 Å². The Bertz CT molecular complexity index is 597. The molecule has 138 valence electrons. The lowest BCUT2D eigenvalue weighted by molar-refractivity contribution is -0.177. The SMILES string of the molecule is CC(C)CC(N)(C(=O)OCc1ccccc1)C(=O)OCC1(C)COC1. The third-order valence-corrected chi connectivity index (χ3v) is 4.12. The molecule has 1 aliphatic rings. The van der Waals surface area contributed by atoms with Crippen LogP contribution < -0.4 is 5.73 Å². The first-order valence-electron chi connectivity index (χ1n) is 8.50. The van der Waals surface area contributed by atoms with E-state index >= 15 is 0 Å². The van der Waals surface area contributed by atoms with Crippen LogP contribution in [-0.4, -0.2) is 37.3 Å². The van der Waals surface area contributed by atoms with Gasteiger partial charge in [0, 0.05) is 5.41 Å². The quantitative estimate of drug-likeness (QED) is 0.571. The molecular formula is C19H27NO5. The molecule has 2 rings (SSSR count). The van der Waals surface area contributed by atoms with Crippen LogP contribution in [0.2, 0.25) is 0 Å². The lowest BCUT2D eigenvalue weighted by Crippen LogP contribution is -2.58. The summed E-state index contributed by atoms with van der Waals surface area (Å²) in [6.07, 6.45) is 0.159. The van der Waals surface area contributed by atoms with E-state index in [-0.39, 0.29) is 31.0 Å². The first kappa shape index (κ1) is 19.4. The van der Waals surface area contributed by atoms with E-state index in [1.54, 1.807) is 0 Å². The van der Waals surface area contributed by atoms with Crippen molar-refractivity contribution in [1.29, 1.82) is 0 Å². The largest absolute Gasteiger partial charge is 0.463 e. The number of carbonyl (C=O) groups excluding carboxylic acids is 2. The van der Waals surface area contributed by atoms with E-state index in [2.05, 4.69) is 0 Å². The number of ether oxygens (including phenoxy) is 3. The average molecular weight is 349 g/mol. The van der Waals surface area contributed by atoms with Gasteiger partial charge in [-0.15, -0.1) is 0 Å². The molecule has 1 aromatic carbocycles. The maximum Gasteiger partial charge on any atom is 0.338 e. The first-order valence-corrected chi connectivity index (χ1v) is 8.50. The molecule has 6 nitrogen and oxygen atoms in total. The Morgan fingerprint density at radius 2 is 1.80 bits per heavy atom. The molecule has 1 aliphatic heterocycles. The standard InChI is InChI=1S/C19H27NO5/c1-14(2)9-19(20,17(22)25-13-18(3)11-23-12-18)16(21)24-10-15-7-5-4-6-8-15/h4-8,14H,9-13,20H2,1-3H3. The van der Waals surface area contributed by atoms with Crippen molar-refractivity contribution in [2.45, 2.75) is 39.3 Å². The second kappa shape index (κ2) is 7.97. The number of benzene rings is 1. The summed E-state index contributed by atoms with van der Waals surface area (Å²) in [5.41, 5.74) is 4.98. The highest BCUT2D eigenvalue weighted by Crippen LogP contribution is 2.28. The van der Waals surface area contributed by atoms with Gasteiger partial charge in [0.2, 0.25) is 5.54 Å². The minimum absolute atomic E-state index is 0.0319. The first-order chi connectivity index (χ1) is 11.8. The zero-order valence-corrected chi connectivity index (χ0v) is 15.1. The molecule has 1 heterocycles. The van der Waals surface area contributed by atoms with Crippen LogP contribution in [0.25, 0.3) is 0 Å². The minimum atomic E-state index is -1.80. The number of hydrogen-bond acceptors (Lipinski definition) is 6. The number of hydrogen-bond donors (Lipinski definition) is 1. The monoisotopic (exact) mass is 349 g/mol. The van der Waals surface area contributed by atoms with Gasteiger partial charge in [-0.2, -0.15) is 0 Å². The van der Waals surface area contributed by atoms with Gasteiger partial charge in [-0.1, -0.05) is 51.1 Å². The van der Waals surface area contributed by atoms with Crippen LogP contribution in [-0.2, 0) is 30.4 Å². The molecule has 1 saturated heterocycles. The zero-order valence-electron chi connectivity index (χ0n) is 15.1. The van der Waals surface area contributed by atoms with Crippen molar-refractivity contribution in [3.8, 4) is 0 Å². The molecular weight excluding hydrogens is 322 g/mol. The molecule has 0 radical (unpaired) electrons. The molecule has 0 aromatic heterocycles. The maximum atomic E-state index is 12.6. The van der Waals surface area contributed by atoms with E-state index in [0.29, 0.717) is 13.2 Å². The summed E-state index contributed by atoms with van der Waals surface area (Å²) in [4.78, 5) is 25.1. The summed E-state index contributed by atoms with van der Waals surface area (Å²) in [6, 6.07) is 9.25. The smallest absolute Gasteiger partial charge is 0.338 e. The van der Waals surface area contributed by atoms with Gasteiger partial charge in [0.1, 0.15) is 13.2 Å². The van der Waals surface area contributed by atoms with Crippen molar-refractivity contribution in [2.75, 3.05) is 19.8 Å². The van der Waals surface area contributed by atoms with Gasteiger partial charge < -0.3 is 19.9 Å². The molecule has 25 heavy (non-hydrogen) atoms. The Kier molecular flexibility index (Phi) is 6.19. The Hall–Kier alpha value is -1.92. The lowest BCUT2D eigenvalue weighted by atomic mass is 9.88. The summed E-state index contributed by atoms with van der Waals surface area (Å²) in [6.45, 7) is 7.03. The van der Waals surface area contributed by atoms with Gasteiger partial charge in [-0.25, -0.2) is 9.59 Å². The normalized spacial score (nSPS) is 18.1. The Balaban J connectivity index is 2.01. The van der Waals surface area contributed by atoms with Crippen LogP contribution in [0.5, 0.6) is 0 Å². The molecule has 1 aromatic rings. The van der Waals surface area contributed by atoms with E-state index in [1.807, 2.05) is 51.1 Å². The van der Waals surface area contributed by atoms with Crippen molar-refractivity contribution in [1.82, 2.24) is 0 Å². The van der Waals surface area contributed by atoms with Gasteiger partial charge >= 0.3 is 11.9 Å². The maximum absolute atomic E-state index is 12.6. The molecule has 0 amide bonds. The zero-order chi connectivity index (χ0) is 18.5. The molecule has 0 aliphatic carbocycles. The predicted octanol–water partition coefficient (Wildman–Crippen LogP) is 2.05. The molecule has 0 spiro atoms. The van der Waals surface area contributed by atoms with Crippen molar-refractivity contribution < 1.29 is 23.8 Å². The van der Waals surface area contributed by atoms with Gasteiger partial charge in [-0.3, -0.25) is 0 Å². The summed E-state index contributed by atoms with van der Waals surface area (Å²) >= 11 is 0. The Morgan fingerprint density at radius 3 is 2.32 bits per heavy atom. The summed E-state index contributed by atoms with van der Waals surface area (Å²) < 4.78 is 15.8. The van der Waals surface area contributed by atoms with Crippen LogP contribution in [0.4, 0.5) is 0 Å². The fourth-order valence-electron chi connectivity index (χ4n) is 2.65. The lowest BCUT2D eigenvalue weighted by Gasteiger charge is -2.38. The third-order valence-electron chi connectivity index (χ3n) is 4.12. The third kappa shape index (κ3) is 5.03. The Labute approximate surface area is 148 Å². The molecule has 1 fully saturated rings. The van der Waals surface area contributed by atoms with E-state index in [1.165, 1.54) is 0 Å².